The third-order valence-corrected chi connectivity index (χ3v) is 5.31. The van der Waals surface area contributed by atoms with Gasteiger partial charge in [0.25, 0.3) is 5.91 Å². The van der Waals surface area contributed by atoms with Gasteiger partial charge in [-0.15, -0.1) is 0 Å². The molecule has 0 bridgehead atoms. The summed E-state index contributed by atoms with van der Waals surface area (Å²) in [7, 11) is 0. The Kier molecular flexibility index (Phi) is 6.01. The maximum atomic E-state index is 13.1. The summed E-state index contributed by atoms with van der Waals surface area (Å²) >= 11 is 0. The fraction of sp³-hybridized carbons (Fsp3) is 0.261. The molecule has 0 spiro atoms. The lowest BCUT2D eigenvalue weighted by Crippen LogP contribution is -2.26. The van der Waals surface area contributed by atoms with Crippen LogP contribution in [0.15, 0.2) is 48.5 Å². The van der Waals surface area contributed by atoms with Crippen LogP contribution in [0.25, 0.3) is 0 Å². The molecule has 0 aliphatic carbocycles. The molecule has 0 saturated carbocycles. The molecular formula is C23H22F4N2O. The standard InChI is InChI=1S/C23H22F4N2O/c1-14-15(2)21(22(30)28-12-17-7-9-20(24)10-8-17)29(16(14)3)13-18-5-4-6-19(11-18)23(25,26)27/h4-11H,12-13H2,1-3H3,(H,28,30). The first-order valence-electron chi connectivity index (χ1n) is 9.43. The van der Waals surface area contributed by atoms with E-state index in [2.05, 4.69) is 5.32 Å². The Bertz CT molecular complexity index is 1070. The van der Waals surface area contributed by atoms with Crippen molar-refractivity contribution in [2.24, 2.45) is 0 Å². The molecule has 0 saturated heterocycles. The predicted molar refractivity (Wildman–Crippen MR) is 107 cm³/mol. The van der Waals surface area contributed by atoms with Crippen molar-refractivity contribution in [2.75, 3.05) is 0 Å². The number of nitrogens with one attached hydrogen (secondary N) is 1. The van der Waals surface area contributed by atoms with Gasteiger partial charge in [-0.3, -0.25) is 4.79 Å². The number of carbonyl (C=O) groups excluding carboxylic acids is 1. The molecule has 1 amide bonds. The quantitative estimate of drug-likeness (QED) is 0.542. The van der Waals surface area contributed by atoms with Gasteiger partial charge in [0.1, 0.15) is 11.5 Å². The van der Waals surface area contributed by atoms with Crippen molar-refractivity contribution in [1.82, 2.24) is 9.88 Å². The molecule has 3 nitrogen and oxygen atoms in total. The zero-order valence-corrected chi connectivity index (χ0v) is 16.9. The number of benzene rings is 2. The Labute approximate surface area is 172 Å². The van der Waals surface area contributed by atoms with Crippen LogP contribution in [-0.2, 0) is 19.3 Å². The summed E-state index contributed by atoms with van der Waals surface area (Å²) in [6.07, 6.45) is -4.43. The highest BCUT2D eigenvalue weighted by Crippen LogP contribution is 2.30. The van der Waals surface area contributed by atoms with Crippen LogP contribution in [0, 0.1) is 26.6 Å². The average Bonchev–Trinajstić information content (AvgIpc) is 2.91. The summed E-state index contributed by atoms with van der Waals surface area (Å²) in [6, 6.07) is 10.9. The number of hydrogen-bond acceptors (Lipinski definition) is 1. The summed E-state index contributed by atoms with van der Waals surface area (Å²) in [5.41, 5.74) is 3.38. The van der Waals surface area contributed by atoms with Crippen molar-refractivity contribution in [3.05, 3.63) is 93.6 Å². The highest BCUT2D eigenvalue weighted by molar-refractivity contribution is 5.95. The summed E-state index contributed by atoms with van der Waals surface area (Å²) in [5, 5.41) is 2.82. The minimum Gasteiger partial charge on any atom is -0.347 e. The second kappa shape index (κ2) is 8.34. The molecular weight excluding hydrogens is 396 g/mol. The van der Waals surface area contributed by atoms with Gasteiger partial charge in [-0.1, -0.05) is 24.3 Å². The van der Waals surface area contributed by atoms with Crippen molar-refractivity contribution in [3.8, 4) is 0 Å². The van der Waals surface area contributed by atoms with Crippen molar-refractivity contribution in [3.63, 3.8) is 0 Å². The van der Waals surface area contributed by atoms with Crippen molar-refractivity contribution in [1.29, 1.82) is 0 Å². The smallest absolute Gasteiger partial charge is 0.347 e. The van der Waals surface area contributed by atoms with Gasteiger partial charge in [0.2, 0.25) is 0 Å². The topological polar surface area (TPSA) is 34.0 Å². The van der Waals surface area contributed by atoms with E-state index in [0.29, 0.717) is 11.3 Å². The molecule has 3 aromatic rings. The van der Waals surface area contributed by atoms with Gasteiger partial charge in [-0.25, -0.2) is 4.39 Å². The zero-order chi connectivity index (χ0) is 22.1. The second-order valence-electron chi connectivity index (χ2n) is 7.28. The Balaban J connectivity index is 1.88. The third kappa shape index (κ3) is 4.56. The van der Waals surface area contributed by atoms with E-state index in [0.717, 1.165) is 34.5 Å². The molecule has 2 aromatic carbocycles. The van der Waals surface area contributed by atoms with E-state index in [9.17, 15) is 22.4 Å². The van der Waals surface area contributed by atoms with E-state index in [1.807, 2.05) is 20.8 Å². The Morgan fingerprint density at radius 1 is 0.967 bits per heavy atom. The first-order chi connectivity index (χ1) is 14.1. The number of halogens is 4. The monoisotopic (exact) mass is 418 g/mol. The summed E-state index contributed by atoms with van der Waals surface area (Å²) in [5.74, 6) is -0.692. The normalized spacial score (nSPS) is 11.6. The number of aromatic nitrogens is 1. The van der Waals surface area contributed by atoms with Crippen LogP contribution in [0.5, 0.6) is 0 Å². The van der Waals surface area contributed by atoms with Gasteiger partial charge < -0.3 is 9.88 Å². The Morgan fingerprint density at radius 3 is 2.27 bits per heavy atom. The van der Waals surface area contributed by atoms with Gasteiger partial charge in [0.15, 0.2) is 0 Å². The average molecular weight is 418 g/mol. The number of carbonyl (C=O) groups is 1. The van der Waals surface area contributed by atoms with Crippen LogP contribution in [0.2, 0.25) is 0 Å². The van der Waals surface area contributed by atoms with E-state index in [-0.39, 0.29) is 24.8 Å². The highest BCUT2D eigenvalue weighted by Gasteiger charge is 2.30. The first-order valence-corrected chi connectivity index (χ1v) is 9.43. The fourth-order valence-corrected chi connectivity index (χ4v) is 3.41. The second-order valence-corrected chi connectivity index (χ2v) is 7.28. The summed E-state index contributed by atoms with van der Waals surface area (Å²) < 4.78 is 53.9. The van der Waals surface area contributed by atoms with Crippen LogP contribution < -0.4 is 5.32 Å². The van der Waals surface area contributed by atoms with Gasteiger partial charge in [-0.2, -0.15) is 13.2 Å². The molecule has 1 heterocycles. The number of rotatable bonds is 5. The van der Waals surface area contributed by atoms with E-state index >= 15 is 0 Å². The number of hydrogen-bond donors (Lipinski definition) is 1. The molecule has 7 heteroatoms. The largest absolute Gasteiger partial charge is 0.416 e. The Morgan fingerprint density at radius 2 is 1.63 bits per heavy atom. The van der Waals surface area contributed by atoms with Crippen LogP contribution >= 0.6 is 0 Å². The van der Waals surface area contributed by atoms with Gasteiger partial charge >= 0.3 is 6.18 Å². The minimum absolute atomic E-state index is 0.143. The molecule has 1 aromatic heterocycles. The molecule has 3 rings (SSSR count). The molecule has 0 fully saturated rings. The molecule has 0 radical (unpaired) electrons. The summed E-state index contributed by atoms with van der Waals surface area (Å²) in [4.78, 5) is 12.9. The lowest BCUT2D eigenvalue weighted by molar-refractivity contribution is -0.137. The number of amides is 1. The number of alkyl halides is 3. The van der Waals surface area contributed by atoms with Crippen molar-refractivity contribution in [2.45, 2.75) is 40.0 Å². The van der Waals surface area contributed by atoms with Crippen molar-refractivity contribution >= 4 is 5.91 Å². The predicted octanol–water partition coefficient (Wildman–Crippen LogP) is 5.55. The third-order valence-electron chi connectivity index (χ3n) is 5.31. The molecule has 0 aliphatic heterocycles. The van der Waals surface area contributed by atoms with Crippen molar-refractivity contribution < 1.29 is 22.4 Å². The van der Waals surface area contributed by atoms with Crippen LogP contribution in [-0.4, -0.2) is 10.5 Å². The van der Waals surface area contributed by atoms with Gasteiger partial charge in [-0.05, 0) is 67.3 Å². The minimum atomic E-state index is -4.43. The maximum absolute atomic E-state index is 13.1. The van der Waals surface area contributed by atoms with Crippen LogP contribution in [0.4, 0.5) is 17.6 Å². The molecule has 0 unspecified atom stereocenters. The van der Waals surface area contributed by atoms with Gasteiger partial charge in [0, 0.05) is 18.8 Å². The molecule has 30 heavy (non-hydrogen) atoms. The maximum Gasteiger partial charge on any atom is 0.416 e. The molecule has 158 valence electrons. The zero-order valence-electron chi connectivity index (χ0n) is 16.9. The summed E-state index contributed by atoms with van der Waals surface area (Å²) in [6.45, 7) is 5.89. The fourth-order valence-electron chi connectivity index (χ4n) is 3.41. The van der Waals surface area contributed by atoms with E-state index in [4.69, 9.17) is 0 Å². The number of nitrogens with zero attached hydrogens (tertiary/aromatic N) is 1. The van der Waals surface area contributed by atoms with E-state index in [1.165, 1.54) is 18.2 Å². The molecule has 1 N–H and O–H groups in total. The van der Waals surface area contributed by atoms with E-state index < -0.39 is 11.7 Å². The SMILES string of the molecule is Cc1c(C)c(C(=O)NCc2ccc(F)cc2)n(Cc2cccc(C(F)(F)F)c2)c1C. The van der Waals surface area contributed by atoms with Crippen LogP contribution in [0.1, 0.15) is 44.0 Å². The van der Waals surface area contributed by atoms with Crippen LogP contribution in [0.3, 0.4) is 0 Å². The Hall–Kier alpha value is -3.09. The van der Waals surface area contributed by atoms with Gasteiger partial charge in [0.05, 0.1) is 5.56 Å². The first kappa shape index (κ1) is 21.6. The molecule has 0 aliphatic rings. The highest BCUT2D eigenvalue weighted by atomic mass is 19.4. The van der Waals surface area contributed by atoms with E-state index in [1.54, 1.807) is 22.8 Å². The molecule has 0 atom stereocenters. The lowest BCUT2D eigenvalue weighted by atomic mass is 10.1. The lowest BCUT2D eigenvalue weighted by Gasteiger charge is -2.14.